The van der Waals surface area contributed by atoms with E-state index in [1.54, 1.807) is 49.4 Å². The number of nitrogens with zero attached hydrogens (tertiary/aromatic N) is 2. The van der Waals surface area contributed by atoms with Crippen molar-refractivity contribution < 1.29 is 32.2 Å². The summed E-state index contributed by atoms with van der Waals surface area (Å²) in [5, 5.41) is 3.61. The number of nitrogens with one attached hydrogen (secondary N) is 1. The molecular weight excluding hydrogens is 641 g/mol. The maximum atomic E-state index is 14.2. The molecule has 0 aliphatic rings. The number of carbonyl (C=O) groups is 2. The smallest absolute Gasteiger partial charge is 0.264 e. The number of hydrogen-bond acceptors (Lipinski definition) is 7. The lowest BCUT2D eigenvalue weighted by molar-refractivity contribution is -0.139. The molecule has 0 spiro atoms. The second-order valence-electron chi connectivity index (χ2n) is 10.2. The Balaban J connectivity index is 2.10. The molecule has 0 bridgehead atoms. The van der Waals surface area contributed by atoms with Crippen LogP contribution in [0.15, 0.2) is 65.6 Å². The largest absolute Gasteiger partial charge is 0.494 e. The Labute approximate surface area is 275 Å². The summed E-state index contributed by atoms with van der Waals surface area (Å²) < 4.78 is 45.6. The van der Waals surface area contributed by atoms with E-state index in [0.717, 1.165) is 4.31 Å². The van der Waals surface area contributed by atoms with Crippen molar-refractivity contribution in [2.75, 3.05) is 31.7 Å². The Morgan fingerprint density at radius 1 is 0.911 bits per heavy atom. The summed E-state index contributed by atoms with van der Waals surface area (Å²) in [7, 11) is -1.52. The van der Waals surface area contributed by atoms with Gasteiger partial charge in [-0.3, -0.25) is 13.9 Å². The second kappa shape index (κ2) is 16.1. The molecule has 0 aliphatic heterocycles. The topological polar surface area (TPSA) is 114 Å². The quantitative estimate of drug-likeness (QED) is 0.212. The van der Waals surface area contributed by atoms with E-state index in [-0.39, 0.29) is 28.9 Å². The van der Waals surface area contributed by atoms with Crippen LogP contribution in [0.25, 0.3) is 0 Å². The first kappa shape index (κ1) is 35.8. The van der Waals surface area contributed by atoms with Crippen molar-refractivity contribution >= 4 is 50.7 Å². The Morgan fingerprint density at radius 3 is 2.16 bits per heavy atom. The van der Waals surface area contributed by atoms with Crippen molar-refractivity contribution in [3.63, 3.8) is 0 Å². The molecule has 0 fully saturated rings. The fourth-order valence-electron chi connectivity index (χ4n) is 4.39. The van der Waals surface area contributed by atoms with Crippen LogP contribution in [0.1, 0.15) is 39.7 Å². The zero-order valence-electron chi connectivity index (χ0n) is 26.2. The highest BCUT2D eigenvalue weighted by Gasteiger charge is 2.33. The highest BCUT2D eigenvalue weighted by atomic mass is 35.5. The standard InChI is InChI=1S/C32H39Cl2N3O7S/c1-7-21(3)35-32(39)22(4)36(19-23-9-10-24(33)17-28(23)34)31(38)20-37(25-11-13-26(14-12-25)44-8-2)45(40,41)27-15-16-29(42-5)30(18-27)43-6/h9-18,21-22H,7-8,19-20H2,1-6H3,(H,35,39). The van der Waals surface area contributed by atoms with E-state index in [1.807, 2.05) is 20.8 Å². The van der Waals surface area contributed by atoms with Gasteiger partial charge >= 0.3 is 0 Å². The Hall–Kier alpha value is -3.67. The zero-order chi connectivity index (χ0) is 33.3. The number of sulfonamides is 1. The average molecular weight is 681 g/mol. The van der Waals surface area contributed by atoms with Gasteiger partial charge < -0.3 is 24.4 Å². The third kappa shape index (κ3) is 8.96. The van der Waals surface area contributed by atoms with Gasteiger partial charge in [-0.1, -0.05) is 36.2 Å². The van der Waals surface area contributed by atoms with E-state index in [1.165, 1.54) is 37.3 Å². The van der Waals surface area contributed by atoms with Crippen LogP contribution in [-0.4, -0.2) is 64.6 Å². The first-order valence-electron chi connectivity index (χ1n) is 14.4. The predicted octanol–water partition coefficient (Wildman–Crippen LogP) is 5.94. The molecule has 0 saturated carbocycles. The van der Waals surface area contributed by atoms with E-state index >= 15 is 0 Å². The Kier molecular flexibility index (Phi) is 12.8. The third-order valence-corrected chi connectivity index (χ3v) is 9.54. The lowest BCUT2D eigenvalue weighted by Gasteiger charge is -2.32. The summed E-state index contributed by atoms with van der Waals surface area (Å²) in [6.45, 7) is 6.93. The Bertz CT molecular complexity index is 1590. The van der Waals surface area contributed by atoms with Gasteiger partial charge in [-0.2, -0.15) is 0 Å². The number of methoxy groups -OCH3 is 2. The van der Waals surface area contributed by atoms with Crippen molar-refractivity contribution in [1.29, 1.82) is 0 Å². The van der Waals surface area contributed by atoms with Crippen LogP contribution >= 0.6 is 23.2 Å². The molecule has 2 atom stereocenters. The van der Waals surface area contributed by atoms with Gasteiger partial charge in [0.05, 0.1) is 31.4 Å². The van der Waals surface area contributed by atoms with Crippen molar-refractivity contribution in [3.05, 3.63) is 76.3 Å². The first-order valence-corrected chi connectivity index (χ1v) is 16.6. The Morgan fingerprint density at radius 2 is 1.58 bits per heavy atom. The van der Waals surface area contributed by atoms with Crippen LogP contribution in [0.4, 0.5) is 5.69 Å². The van der Waals surface area contributed by atoms with E-state index in [4.69, 9.17) is 37.4 Å². The molecule has 13 heteroatoms. The molecule has 0 heterocycles. The molecule has 2 amide bonds. The van der Waals surface area contributed by atoms with Crippen LogP contribution in [0, 0.1) is 0 Å². The maximum absolute atomic E-state index is 14.2. The van der Waals surface area contributed by atoms with E-state index in [0.29, 0.717) is 40.1 Å². The van der Waals surface area contributed by atoms with Gasteiger partial charge in [-0.25, -0.2) is 8.42 Å². The molecule has 3 aromatic rings. The highest BCUT2D eigenvalue weighted by molar-refractivity contribution is 7.92. The lowest BCUT2D eigenvalue weighted by Crippen LogP contribution is -2.52. The minimum absolute atomic E-state index is 0.0720. The lowest BCUT2D eigenvalue weighted by atomic mass is 10.1. The molecule has 45 heavy (non-hydrogen) atoms. The summed E-state index contributed by atoms with van der Waals surface area (Å²) in [4.78, 5) is 28.6. The van der Waals surface area contributed by atoms with Gasteiger partial charge in [0.25, 0.3) is 10.0 Å². The number of halogens is 2. The molecule has 0 aromatic heterocycles. The molecule has 3 rings (SSSR count). The van der Waals surface area contributed by atoms with Crippen LogP contribution < -0.4 is 23.8 Å². The second-order valence-corrected chi connectivity index (χ2v) is 12.9. The van der Waals surface area contributed by atoms with Gasteiger partial charge in [0, 0.05) is 28.7 Å². The van der Waals surface area contributed by atoms with E-state index in [2.05, 4.69) is 5.32 Å². The molecule has 10 nitrogen and oxygen atoms in total. The molecule has 2 unspecified atom stereocenters. The normalized spacial score (nSPS) is 12.5. The monoisotopic (exact) mass is 679 g/mol. The number of rotatable bonds is 15. The van der Waals surface area contributed by atoms with E-state index in [9.17, 15) is 18.0 Å². The highest BCUT2D eigenvalue weighted by Crippen LogP contribution is 2.33. The fraction of sp³-hybridized carbons (Fsp3) is 0.375. The summed E-state index contributed by atoms with van der Waals surface area (Å²) >= 11 is 12.5. The van der Waals surface area contributed by atoms with Gasteiger partial charge in [-0.05, 0) is 81.3 Å². The maximum Gasteiger partial charge on any atom is 0.264 e. The van der Waals surface area contributed by atoms with Crippen LogP contribution in [0.5, 0.6) is 17.2 Å². The molecule has 0 radical (unpaired) electrons. The molecule has 3 aromatic carbocycles. The van der Waals surface area contributed by atoms with Crippen LogP contribution in [0.2, 0.25) is 10.0 Å². The number of carbonyl (C=O) groups excluding carboxylic acids is 2. The number of amides is 2. The average Bonchev–Trinajstić information content (AvgIpc) is 3.02. The summed E-state index contributed by atoms with van der Waals surface area (Å²) in [5.41, 5.74) is 0.746. The van der Waals surface area contributed by atoms with Gasteiger partial charge in [-0.15, -0.1) is 0 Å². The van der Waals surface area contributed by atoms with Crippen molar-refractivity contribution in [2.24, 2.45) is 0 Å². The van der Waals surface area contributed by atoms with Crippen molar-refractivity contribution in [2.45, 2.75) is 57.6 Å². The van der Waals surface area contributed by atoms with Crippen LogP contribution in [-0.2, 0) is 26.2 Å². The van der Waals surface area contributed by atoms with Gasteiger partial charge in [0.15, 0.2) is 11.5 Å². The summed E-state index contributed by atoms with van der Waals surface area (Å²) in [6.07, 6.45) is 0.685. The fourth-order valence-corrected chi connectivity index (χ4v) is 6.29. The number of ether oxygens (including phenoxy) is 3. The van der Waals surface area contributed by atoms with Crippen molar-refractivity contribution in [1.82, 2.24) is 10.2 Å². The molecule has 1 N–H and O–H groups in total. The molecular formula is C32H39Cl2N3O7S. The summed E-state index contributed by atoms with van der Waals surface area (Å²) in [5.74, 6) is 0.0486. The summed E-state index contributed by atoms with van der Waals surface area (Å²) in [6, 6.07) is 14.2. The molecule has 0 aliphatic carbocycles. The number of hydrogen-bond donors (Lipinski definition) is 1. The van der Waals surface area contributed by atoms with Crippen molar-refractivity contribution in [3.8, 4) is 17.2 Å². The zero-order valence-corrected chi connectivity index (χ0v) is 28.5. The minimum atomic E-state index is -4.36. The SMILES string of the molecule is CCOc1ccc(N(CC(=O)N(Cc2ccc(Cl)cc2Cl)C(C)C(=O)NC(C)CC)S(=O)(=O)c2ccc(OC)c(OC)c2)cc1. The van der Waals surface area contributed by atoms with Gasteiger partial charge in [0.2, 0.25) is 11.8 Å². The number of benzene rings is 3. The third-order valence-electron chi connectivity index (χ3n) is 7.18. The van der Waals surface area contributed by atoms with Crippen LogP contribution in [0.3, 0.4) is 0 Å². The molecule has 0 saturated heterocycles. The van der Waals surface area contributed by atoms with E-state index < -0.39 is 34.4 Å². The number of anilines is 1. The minimum Gasteiger partial charge on any atom is -0.494 e. The van der Waals surface area contributed by atoms with Gasteiger partial charge in [0.1, 0.15) is 18.3 Å². The predicted molar refractivity (Wildman–Crippen MR) is 176 cm³/mol. The molecule has 244 valence electrons. The first-order chi connectivity index (χ1) is 21.4.